The summed E-state index contributed by atoms with van der Waals surface area (Å²) in [6.45, 7) is 4.73. The van der Waals surface area contributed by atoms with Gasteiger partial charge in [-0.1, -0.05) is 280 Å². The van der Waals surface area contributed by atoms with Gasteiger partial charge in [0.1, 0.15) is 13.2 Å². The lowest BCUT2D eigenvalue weighted by Crippen LogP contribution is -2.40. The second-order valence-electron chi connectivity index (χ2n) is 22.3. The number of carbonyl (C=O) groups is 3. The Hall–Kier alpha value is -3.01. The average molecular weight is 1060 g/mol. The Morgan fingerprint density at radius 1 is 0.413 bits per heavy atom. The van der Waals surface area contributed by atoms with Crippen LogP contribution in [0.5, 0.6) is 0 Å². The third-order valence-electron chi connectivity index (χ3n) is 13.8. The number of hydrogen-bond donors (Lipinski definition) is 1. The molecule has 9 nitrogen and oxygen atoms in total. The van der Waals surface area contributed by atoms with Crippen molar-refractivity contribution in [2.24, 2.45) is 0 Å². The van der Waals surface area contributed by atoms with Crippen LogP contribution < -0.4 is 0 Å². The molecular formula is C66H120NO8+. The first-order chi connectivity index (χ1) is 36.6. The zero-order valence-corrected chi connectivity index (χ0v) is 49.7. The smallest absolute Gasteiger partial charge is 0.361 e. The SMILES string of the molecule is CC/C=C\C/C=C\C/C=C\C/C=C\C/C=C\CCCC(=O)OC(COC(=O)CCCCCCCCCCCCCCCCCCCCCCCCCCCCCCCCCCC)COC(OCC[N+](C)(C)C)C(=O)O. The first-order valence-corrected chi connectivity index (χ1v) is 31.5. The molecule has 0 spiro atoms. The fraction of sp³-hybridized carbons (Fsp3) is 0.803. The molecule has 2 atom stereocenters. The maximum absolute atomic E-state index is 12.8. The number of aliphatic carboxylic acids is 1. The maximum Gasteiger partial charge on any atom is 0.361 e. The molecule has 0 rings (SSSR count). The second kappa shape index (κ2) is 57.2. The Balaban J connectivity index is 4.08. The van der Waals surface area contributed by atoms with Gasteiger partial charge in [-0.25, -0.2) is 4.79 Å². The van der Waals surface area contributed by atoms with Crippen molar-refractivity contribution in [1.82, 2.24) is 0 Å². The molecule has 436 valence electrons. The van der Waals surface area contributed by atoms with E-state index in [9.17, 15) is 19.5 Å². The van der Waals surface area contributed by atoms with Gasteiger partial charge in [0.2, 0.25) is 0 Å². The van der Waals surface area contributed by atoms with Crippen LogP contribution in [-0.4, -0.2) is 87.4 Å². The van der Waals surface area contributed by atoms with Crippen LogP contribution in [0, 0.1) is 0 Å². The number of esters is 2. The van der Waals surface area contributed by atoms with Gasteiger partial charge in [-0.05, 0) is 51.4 Å². The molecule has 0 aromatic carbocycles. The monoisotopic (exact) mass is 1050 g/mol. The Bertz CT molecular complexity index is 1410. The number of hydrogen-bond acceptors (Lipinski definition) is 7. The van der Waals surface area contributed by atoms with E-state index >= 15 is 0 Å². The Kier molecular flexibility index (Phi) is 54.9. The van der Waals surface area contributed by atoms with E-state index in [2.05, 4.69) is 74.6 Å². The molecule has 0 aliphatic heterocycles. The molecule has 9 heteroatoms. The average Bonchev–Trinajstić information content (AvgIpc) is 3.38. The van der Waals surface area contributed by atoms with Crippen LogP contribution >= 0.6 is 0 Å². The molecular weight excluding hydrogens is 935 g/mol. The van der Waals surface area contributed by atoms with Gasteiger partial charge < -0.3 is 28.5 Å². The van der Waals surface area contributed by atoms with Crippen LogP contribution in [0.4, 0.5) is 0 Å². The molecule has 0 amide bonds. The highest BCUT2D eigenvalue weighted by molar-refractivity contribution is 5.71. The topological polar surface area (TPSA) is 108 Å². The van der Waals surface area contributed by atoms with Gasteiger partial charge in [-0.15, -0.1) is 0 Å². The molecule has 0 saturated carbocycles. The molecule has 0 saturated heterocycles. The lowest BCUT2D eigenvalue weighted by molar-refractivity contribution is -0.870. The van der Waals surface area contributed by atoms with Crippen LogP contribution in [0.25, 0.3) is 0 Å². The third-order valence-corrected chi connectivity index (χ3v) is 13.8. The van der Waals surface area contributed by atoms with Crippen molar-refractivity contribution in [2.75, 3.05) is 47.5 Å². The van der Waals surface area contributed by atoms with E-state index in [0.29, 0.717) is 23.9 Å². The van der Waals surface area contributed by atoms with Gasteiger partial charge in [0, 0.05) is 12.8 Å². The summed E-state index contributed by atoms with van der Waals surface area (Å²) >= 11 is 0. The molecule has 0 aromatic heterocycles. The molecule has 75 heavy (non-hydrogen) atoms. The quantitative estimate of drug-likeness (QED) is 0.0211. The third kappa shape index (κ3) is 58.5. The standard InChI is InChI=1S/C66H119NO8/c1-6-8-10-12-14-16-18-20-22-24-25-26-27-28-29-30-31-32-33-34-35-36-37-38-39-41-42-44-46-48-50-52-54-56-63(68)73-60-62(61-74-66(65(70)71)72-59-58-67(3,4)5)75-64(69)57-55-53-51-49-47-45-43-40-23-21-19-17-15-13-11-9-7-2/h9,11,15,17,21,23,43,45,49,51,62,66H,6-8,10,12-14,16,18-20,22,24-42,44,46-48,50,52-61H2,1-5H3/p+1/b11-9-,17-15-,23-21-,45-43-,51-49-. The van der Waals surface area contributed by atoms with Crippen LogP contribution in [0.2, 0.25) is 0 Å². The number of nitrogens with zero attached hydrogens (tertiary/aromatic N) is 1. The number of ether oxygens (including phenoxy) is 4. The Morgan fingerprint density at radius 3 is 1.12 bits per heavy atom. The summed E-state index contributed by atoms with van der Waals surface area (Å²) in [5, 5.41) is 9.70. The Morgan fingerprint density at radius 2 is 0.760 bits per heavy atom. The molecule has 0 heterocycles. The summed E-state index contributed by atoms with van der Waals surface area (Å²) in [5.41, 5.74) is 0. The van der Waals surface area contributed by atoms with Crippen molar-refractivity contribution in [3.05, 3.63) is 60.8 Å². The number of rotatable bonds is 58. The van der Waals surface area contributed by atoms with Crippen LogP contribution in [-0.2, 0) is 33.3 Å². The van der Waals surface area contributed by atoms with Gasteiger partial charge in [0.15, 0.2) is 6.10 Å². The van der Waals surface area contributed by atoms with Gasteiger partial charge in [0.05, 0.1) is 34.4 Å². The van der Waals surface area contributed by atoms with E-state index < -0.39 is 24.3 Å². The summed E-state index contributed by atoms with van der Waals surface area (Å²) in [6.07, 6.45) is 70.7. The molecule has 0 aliphatic rings. The van der Waals surface area contributed by atoms with Crippen LogP contribution in [0.15, 0.2) is 60.8 Å². The van der Waals surface area contributed by atoms with Gasteiger partial charge >= 0.3 is 17.9 Å². The summed E-state index contributed by atoms with van der Waals surface area (Å²) in [7, 11) is 5.95. The Labute approximate surface area is 463 Å². The van der Waals surface area contributed by atoms with Crippen molar-refractivity contribution >= 4 is 17.9 Å². The largest absolute Gasteiger partial charge is 0.477 e. The molecule has 2 unspecified atom stereocenters. The molecule has 0 aliphatic carbocycles. The van der Waals surface area contributed by atoms with E-state index in [1.165, 1.54) is 193 Å². The minimum Gasteiger partial charge on any atom is -0.477 e. The molecule has 0 fully saturated rings. The number of quaternary nitrogens is 1. The van der Waals surface area contributed by atoms with Crippen molar-refractivity contribution in [1.29, 1.82) is 0 Å². The van der Waals surface area contributed by atoms with Crippen LogP contribution in [0.3, 0.4) is 0 Å². The summed E-state index contributed by atoms with van der Waals surface area (Å²) in [5.74, 6) is -2.08. The summed E-state index contributed by atoms with van der Waals surface area (Å²) < 4.78 is 22.8. The normalized spacial score (nSPS) is 13.1. The van der Waals surface area contributed by atoms with E-state index in [4.69, 9.17) is 18.9 Å². The summed E-state index contributed by atoms with van der Waals surface area (Å²) in [4.78, 5) is 37.4. The van der Waals surface area contributed by atoms with Crippen molar-refractivity contribution in [3.63, 3.8) is 0 Å². The predicted molar refractivity (Wildman–Crippen MR) is 318 cm³/mol. The van der Waals surface area contributed by atoms with Gasteiger partial charge in [0.25, 0.3) is 6.29 Å². The molecule has 0 bridgehead atoms. The molecule has 0 radical (unpaired) electrons. The van der Waals surface area contributed by atoms with Crippen LogP contribution in [0.1, 0.15) is 284 Å². The lowest BCUT2D eigenvalue weighted by Gasteiger charge is -2.25. The molecule has 1 N–H and O–H groups in total. The fourth-order valence-electron chi connectivity index (χ4n) is 8.99. The van der Waals surface area contributed by atoms with Crippen molar-refractivity contribution in [2.45, 2.75) is 296 Å². The van der Waals surface area contributed by atoms with Crippen molar-refractivity contribution < 1.29 is 42.9 Å². The highest BCUT2D eigenvalue weighted by atomic mass is 16.7. The minimum atomic E-state index is -1.53. The first-order valence-electron chi connectivity index (χ1n) is 31.5. The van der Waals surface area contributed by atoms with Gasteiger partial charge in [-0.3, -0.25) is 9.59 Å². The van der Waals surface area contributed by atoms with E-state index in [1.54, 1.807) is 0 Å². The highest BCUT2D eigenvalue weighted by Gasteiger charge is 2.25. The molecule has 0 aromatic rings. The number of carboxylic acid groups (broad SMARTS) is 1. The number of unbranched alkanes of at least 4 members (excludes halogenated alkanes) is 33. The van der Waals surface area contributed by atoms with E-state index in [0.717, 1.165) is 57.8 Å². The predicted octanol–water partition coefficient (Wildman–Crippen LogP) is 18.8. The highest BCUT2D eigenvalue weighted by Crippen LogP contribution is 2.18. The first kappa shape index (κ1) is 72.0. The summed E-state index contributed by atoms with van der Waals surface area (Å²) in [6, 6.07) is 0. The number of carboxylic acids is 1. The van der Waals surface area contributed by atoms with Gasteiger partial charge in [-0.2, -0.15) is 0 Å². The zero-order valence-electron chi connectivity index (χ0n) is 49.7. The number of carbonyl (C=O) groups excluding carboxylic acids is 2. The lowest BCUT2D eigenvalue weighted by atomic mass is 10.0. The van der Waals surface area contributed by atoms with E-state index in [-0.39, 0.29) is 32.2 Å². The fourth-order valence-corrected chi connectivity index (χ4v) is 8.99. The maximum atomic E-state index is 12.8. The number of likely N-dealkylation sites (N-methyl/N-ethyl adjacent to an activating group) is 1. The van der Waals surface area contributed by atoms with E-state index in [1.807, 2.05) is 21.1 Å². The zero-order chi connectivity index (χ0) is 54.8. The second-order valence-corrected chi connectivity index (χ2v) is 22.3. The minimum absolute atomic E-state index is 0.176. The number of allylic oxidation sites excluding steroid dienone is 10. The van der Waals surface area contributed by atoms with Crippen molar-refractivity contribution in [3.8, 4) is 0 Å².